The van der Waals surface area contributed by atoms with Gasteiger partial charge in [-0.15, -0.1) is 0 Å². The molecule has 0 spiro atoms. The zero-order chi connectivity index (χ0) is 12.5. The molecule has 0 aliphatic heterocycles. The van der Waals surface area contributed by atoms with Gasteiger partial charge in [0, 0.05) is 16.4 Å². The van der Waals surface area contributed by atoms with E-state index >= 15 is 0 Å². The summed E-state index contributed by atoms with van der Waals surface area (Å²) in [5, 5.41) is 9.03. The summed E-state index contributed by atoms with van der Waals surface area (Å²) in [6, 6.07) is 3.77. The Labute approximate surface area is 104 Å². The minimum Gasteiger partial charge on any atom is -0.391 e. The number of aliphatic hydroxyl groups excluding tert-OH is 1. The maximum absolute atomic E-state index is 9.03. The van der Waals surface area contributed by atoms with E-state index in [1.807, 2.05) is 24.5 Å². The molecule has 0 fully saturated rings. The standard InChI is InChI=1S/C14H24NO2/c1-3-5-7-13(4-2)12-17-15-9-6-8-14(10-15)11-16/h6,8-10,13,16H,3-5,7,11-12H2,1-2H3/q+1. The van der Waals surface area contributed by atoms with E-state index in [1.54, 1.807) is 4.73 Å². The van der Waals surface area contributed by atoms with Crippen molar-refractivity contribution in [3.8, 4) is 0 Å². The van der Waals surface area contributed by atoms with Crippen LogP contribution in [0.15, 0.2) is 24.5 Å². The number of aliphatic hydroxyl groups is 1. The van der Waals surface area contributed by atoms with Gasteiger partial charge in [-0.05, 0) is 24.8 Å². The highest BCUT2D eigenvalue weighted by molar-refractivity contribution is 5.02. The number of rotatable bonds is 8. The first kappa shape index (κ1) is 14.0. The van der Waals surface area contributed by atoms with Crippen LogP contribution < -0.4 is 9.57 Å². The van der Waals surface area contributed by atoms with Crippen molar-refractivity contribution in [1.82, 2.24) is 0 Å². The number of aromatic nitrogens is 1. The van der Waals surface area contributed by atoms with Crippen LogP contribution in [0.1, 0.15) is 45.1 Å². The van der Waals surface area contributed by atoms with Gasteiger partial charge in [0.05, 0.1) is 6.61 Å². The van der Waals surface area contributed by atoms with E-state index in [9.17, 15) is 0 Å². The van der Waals surface area contributed by atoms with Crippen molar-refractivity contribution < 1.29 is 14.7 Å². The lowest BCUT2D eigenvalue weighted by molar-refractivity contribution is -0.892. The molecule has 1 unspecified atom stereocenters. The van der Waals surface area contributed by atoms with Crippen LogP contribution in [-0.4, -0.2) is 11.7 Å². The molecule has 96 valence electrons. The van der Waals surface area contributed by atoms with Crippen molar-refractivity contribution in [3.05, 3.63) is 30.1 Å². The van der Waals surface area contributed by atoms with E-state index < -0.39 is 0 Å². The Morgan fingerprint density at radius 3 is 2.88 bits per heavy atom. The summed E-state index contributed by atoms with van der Waals surface area (Å²) < 4.78 is 1.69. The summed E-state index contributed by atoms with van der Waals surface area (Å²) in [4.78, 5) is 5.70. The predicted octanol–water partition coefficient (Wildman–Crippen LogP) is 2.11. The number of hydrogen-bond acceptors (Lipinski definition) is 2. The maximum Gasteiger partial charge on any atom is 0.227 e. The minimum atomic E-state index is 0.0528. The van der Waals surface area contributed by atoms with Crippen molar-refractivity contribution >= 4 is 0 Å². The van der Waals surface area contributed by atoms with Crippen molar-refractivity contribution in [3.63, 3.8) is 0 Å². The molecule has 1 heterocycles. The normalized spacial score (nSPS) is 12.4. The van der Waals surface area contributed by atoms with E-state index in [4.69, 9.17) is 9.94 Å². The van der Waals surface area contributed by atoms with Gasteiger partial charge < -0.3 is 5.11 Å². The van der Waals surface area contributed by atoms with Gasteiger partial charge in [0.15, 0.2) is 6.61 Å². The number of pyridine rings is 1. The fraction of sp³-hybridized carbons (Fsp3) is 0.643. The van der Waals surface area contributed by atoms with Gasteiger partial charge in [-0.25, -0.2) is 0 Å². The van der Waals surface area contributed by atoms with Gasteiger partial charge in [-0.3, -0.25) is 4.84 Å². The molecule has 0 radical (unpaired) electrons. The highest BCUT2D eigenvalue weighted by Gasteiger charge is 2.10. The lowest BCUT2D eigenvalue weighted by atomic mass is 10.0. The summed E-state index contributed by atoms with van der Waals surface area (Å²) >= 11 is 0. The molecule has 0 saturated carbocycles. The Hall–Kier alpha value is -1.09. The third-order valence-electron chi connectivity index (χ3n) is 3.02. The van der Waals surface area contributed by atoms with Crippen LogP contribution in [0.4, 0.5) is 0 Å². The second kappa shape index (κ2) is 8.07. The molecule has 1 rings (SSSR count). The van der Waals surface area contributed by atoms with Crippen LogP contribution in [0.5, 0.6) is 0 Å². The van der Waals surface area contributed by atoms with Gasteiger partial charge >= 0.3 is 0 Å². The van der Waals surface area contributed by atoms with E-state index in [0.29, 0.717) is 5.92 Å². The van der Waals surface area contributed by atoms with E-state index in [2.05, 4.69) is 13.8 Å². The molecule has 1 aromatic heterocycles. The second-order valence-electron chi connectivity index (χ2n) is 4.44. The maximum atomic E-state index is 9.03. The molecular weight excluding hydrogens is 214 g/mol. The largest absolute Gasteiger partial charge is 0.391 e. The number of nitrogens with zero attached hydrogens (tertiary/aromatic N) is 1. The molecule has 17 heavy (non-hydrogen) atoms. The molecule has 0 aromatic carbocycles. The Morgan fingerprint density at radius 1 is 1.41 bits per heavy atom. The first-order chi connectivity index (χ1) is 8.30. The van der Waals surface area contributed by atoms with E-state index in [-0.39, 0.29) is 6.61 Å². The van der Waals surface area contributed by atoms with Gasteiger partial charge in [-0.1, -0.05) is 26.7 Å². The predicted molar refractivity (Wildman–Crippen MR) is 67.3 cm³/mol. The smallest absolute Gasteiger partial charge is 0.227 e. The van der Waals surface area contributed by atoms with Crippen LogP contribution in [0.2, 0.25) is 0 Å². The summed E-state index contributed by atoms with van der Waals surface area (Å²) in [5.74, 6) is 0.625. The third-order valence-corrected chi connectivity index (χ3v) is 3.02. The number of hydrogen-bond donors (Lipinski definition) is 1. The average Bonchev–Trinajstić information content (AvgIpc) is 2.39. The van der Waals surface area contributed by atoms with Gasteiger partial charge in [0.25, 0.3) is 0 Å². The Balaban J connectivity index is 2.41. The topological polar surface area (TPSA) is 33.3 Å². The SMILES string of the molecule is CCCCC(CC)CO[n+]1cccc(CO)c1. The third kappa shape index (κ3) is 5.18. The minimum absolute atomic E-state index is 0.0528. The number of unbranched alkanes of at least 4 members (excludes halogenated alkanes) is 1. The van der Waals surface area contributed by atoms with Gasteiger partial charge in [0.1, 0.15) is 0 Å². The summed E-state index contributed by atoms with van der Waals surface area (Å²) in [5.41, 5.74) is 0.870. The molecule has 0 aliphatic carbocycles. The van der Waals surface area contributed by atoms with Crippen molar-refractivity contribution in [2.24, 2.45) is 5.92 Å². The van der Waals surface area contributed by atoms with Crippen LogP contribution in [0.25, 0.3) is 0 Å². The van der Waals surface area contributed by atoms with Crippen LogP contribution in [0.3, 0.4) is 0 Å². The summed E-state index contributed by atoms with van der Waals surface area (Å²) in [6.07, 6.45) is 8.58. The molecule has 1 N–H and O–H groups in total. The second-order valence-corrected chi connectivity index (χ2v) is 4.44. The Kier molecular flexibility index (Phi) is 6.63. The molecule has 0 saturated heterocycles. The molecule has 1 aromatic rings. The lowest BCUT2D eigenvalue weighted by Gasteiger charge is -2.11. The summed E-state index contributed by atoms with van der Waals surface area (Å²) in [6.45, 7) is 5.22. The Morgan fingerprint density at radius 2 is 2.24 bits per heavy atom. The molecular formula is C14H24NO2+. The van der Waals surface area contributed by atoms with Crippen LogP contribution in [0, 0.1) is 5.92 Å². The summed E-state index contributed by atoms with van der Waals surface area (Å²) in [7, 11) is 0. The van der Waals surface area contributed by atoms with Crippen molar-refractivity contribution in [2.75, 3.05) is 6.61 Å². The molecule has 3 nitrogen and oxygen atoms in total. The first-order valence-corrected chi connectivity index (χ1v) is 6.54. The highest BCUT2D eigenvalue weighted by atomic mass is 16.7. The fourth-order valence-corrected chi connectivity index (χ4v) is 1.76. The van der Waals surface area contributed by atoms with E-state index in [1.165, 1.54) is 19.3 Å². The van der Waals surface area contributed by atoms with Crippen LogP contribution in [-0.2, 0) is 6.61 Å². The molecule has 0 aliphatic rings. The molecule has 0 amide bonds. The molecule has 3 heteroatoms. The zero-order valence-corrected chi connectivity index (χ0v) is 10.9. The first-order valence-electron chi connectivity index (χ1n) is 6.54. The monoisotopic (exact) mass is 238 g/mol. The van der Waals surface area contributed by atoms with Gasteiger partial charge in [0.2, 0.25) is 12.4 Å². The highest BCUT2D eigenvalue weighted by Crippen LogP contribution is 2.11. The quantitative estimate of drug-likeness (QED) is 0.704. The van der Waals surface area contributed by atoms with Gasteiger partial charge in [-0.2, -0.15) is 0 Å². The molecule has 1 atom stereocenters. The molecule has 0 bridgehead atoms. The van der Waals surface area contributed by atoms with Crippen molar-refractivity contribution in [1.29, 1.82) is 0 Å². The zero-order valence-electron chi connectivity index (χ0n) is 10.9. The van der Waals surface area contributed by atoms with E-state index in [0.717, 1.165) is 18.6 Å². The van der Waals surface area contributed by atoms with Crippen LogP contribution >= 0.6 is 0 Å². The van der Waals surface area contributed by atoms with Crippen molar-refractivity contribution in [2.45, 2.75) is 46.1 Å². The Bertz CT molecular complexity index is 315. The average molecular weight is 238 g/mol. The lowest BCUT2D eigenvalue weighted by Crippen LogP contribution is -2.44. The fourth-order valence-electron chi connectivity index (χ4n) is 1.76.